The third-order valence-electron chi connectivity index (χ3n) is 3.28. The van der Waals surface area contributed by atoms with Gasteiger partial charge in [-0.05, 0) is 36.3 Å². The summed E-state index contributed by atoms with van der Waals surface area (Å²) in [5.41, 5.74) is 1.48. The standard InChI is InChI=1S/C18H18FNO2/c1-13(18(22)15-8-10-16(19)11-9-15)20-17(21)12-7-14-5-3-2-4-6-14/h2-13,18,22H,1H3,(H,20,21)/b12-7+. The van der Waals surface area contributed by atoms with E-state index in [4.69, 9.17) is 0 Å². The highest BCUT2D eigenvalue weighted by Crippen LogP contribution is 2.17. The Morgan fingerprint density at radius 2 is 1.77 bits per heavy atom. The number of benzene rings is 2. The highest BCUT2D eigenvalue weighted by Gasteiger charge is 2.17. The van der Waals surface area contributed by atoms with E-state index in [0.29, 0.717) is 5.56 Å². The van der Waals surface area contributed by atoms with Crippen molar-refractivity contribution in [1.29, 1.82) is 0 Å². The maximum absolute atomic E-state index is 12.9. The Hall–Kier alpha value is -2.46. The van der Waals surface area contributed by atoms with Gasteiger partial charge in [-0.15, -0.1) is 0 Å². The Morgan fingerprint density at radius 3 is 2.41 bits per heavy atom. The molecule has 3 nitrogen and oxygen atoms in total. The van der Waals surface area contributed by atoms with Crippen molar-refractivity contribution < 1.29 is 14.3 Å². The second-order valence-electron chi connectivity index (χ2n) is 5.04. The van der Waals surface area contributed by atoms with E-state index >= 15 is 0 Å². The maximum atomic E-state index is 12.9. The number of hydrogen-bond acceptors (Lipinski definition) is 2. The molecular formula is C18H18FNO2. The first-order valence-electron chi connectivity index (χ1n) is 7.03. The molecule has 2 N–H and O–H groups in total. The van der Waals surface area contributed by atoms with Crippen molar-refractivity contribution in [3.05, 3.63) is 77.6 Å². The molecule has 2 aromatic carbocycles. The zero-order chi connectivity index (χ0) is 15.9. The summed E-state index contributed by atoms with van der Waals surface area (Å²) < 4.78 is 12.9. The van der Waals surface area contributed by atoms with Crippen molar-refractivity contribution in [2.75, 3.05) is 0 Å². The lowest BCUT2D eigenvalue weighted by Crippen LogP contribution is -2.36. The van der Waals surface area contributed by atoms with Gasteiger partial charge in [0.05, 0.1) is 12.1 Å². The van der Waals surface area contributed by atoms with E-state index in [1.54, 1.807) is 13.0 Å². The summed E-state index contributed by atoms with van der Waals surface area (Å²) in [6.07, 6.45) is 2.23. The predicted molar refractivity (Wildman–Crippen MR) is 84.4 cm³/mol. The molecule has 2 aromatic rings. The number of nitrogens with one attached hydrogen (secondary N) is 1. The van der Waals surface area contributed by atoms with Crippen molar-refractivity contribution in [1.82, 2.24) is 5.32 Å². The molecule has 0 saturated heterocycles. The molecule has 0 aromatic heterocycles. The molecule has 2 unspecified atom stereocenters. The normalized spacial score (nSPS) is 13.8. The van der Waals surface area contributed by atoms with E-state index in [2.05, 4.69) is 5.32 Å². The molecule has 0 saturated carbocycles. The van der Waals surface area contributed by atoms with Crippen molar-refractivity contribution >= 4 is 12.0 Å². The number of halogens is 1. The number of amides is 1. The van der Waals surface area contributed by atoms with Crippen LogP contribution < -0.4 is 5.32 Å². The quantitative estimate of drug-likeness (QED) is 0.834. The molecule has 0 aliphatic heterocycles. The van der Waals surface area contributed by atoms with Gasteiger partial charge in [0.2, 0.25) is 5.91 Å². The van der Waals surface area contributed by atoms with Gasteiger partial charge >= 0.3 is 0 Å². The van der Waals surface area contributed by atoms with Crippen LogP contribution in [0.3, 0.4) is 0 Å². The zero-order valence-corrected chi connectivity index (χ0v) is 12.2. The number of hydrogen-bond donors (Lipinski definition) is 2. The fourth-order valence-corrected chi connectivity index (χ4v) is 2.04. The smallest absolute Gasteiger partial charge is 0.244 e. The van der Waals surface area contributed by atoms with E-state index in [0.717, 1.165) is 5.56 Å². The van der Waals surface area contributed by atoms with Crippen LogP contribution in [0.1, 0.15) is 24.2 Å². The maximum Gasteiger partial charge on any atom is 0.244 e. The van der Waals surface area contributed by atoms with Crippen molar-refractivity contribution in [3.63, 3.8) is 0 Å². The fourth-order valence-electron chi connectivity index (χ4n) is 2.04. The van der Waals surface area contributed by atoms with Gasteiger partial charge < -0.3 is 10.4 Å². The number of carbonyl (C=O) groups excluding carboxylic acids is 1. The second-order valence-corrected chi connectivity index (χ2v) is 5.04. The molecule has 0 aliphatic carbocycles. The second kappa shape index (κ2) is 7.52. The SMILES string of the molecule is CC(NC(=O)/C=C/c1ccccc1)C(O)c1ccc(F)cc1. The van der Waals surface area contributed by atoms with Crippen LogP contribution in [0.15, 0.2) is 60.7 Å². The van der Waals surface area contributed by atoms with Gasteiger partial charge in [0.1, 0.15) is 5.82 Å². The van der Waals surface area contributed by atoms with Gasteiger partial charge in [-0.1, -0.05) is 42.5 Å². The molecule has 0 aliphatic rings. The molecule has 22 heavy (non-hydrogen) atoms. The Labute approximate surface area is 129 Å². The van der Waals surface area contributed by atoms with Gasteiger partial charge in [0.25, 0.3) is 0 Å². The van der Waals surface area contributed by atoms with Crippen LogP contribution in [-0.2, 0) is 4.79 Å². The first-order valence-corrected chi connectivity index (χ1v) is 7.03. The van der Waals surface area contributed by atoms with Crippen LogP contribution in [0, 0.1) is 5.82 Å². The van der Waals surface area contributed by atoms with Crippen LogP contribution in [-0.4, -0.2) is 17.1 Å². The molecule has 0 bridgehead atoms. The van der Waals surface area contributed by atoms with Crippen LogP contribution in [0.2, 0.25) is 0 Å². The molecule has 0 heterocycles. The largest absolute Gasteiger partial charge is 0.386 e. The summed E-state index contributed by atoms with van der Waals surface area (Å²) in [6, 6.07) is 14.5. The van der Waals surface area contributed by atoms with Crippen LogP contribution in [0.4, 0.5) is 4.39 Å². The lowest BCUT2D eigenvalue weighted by Gasteiger charge is -2.19. The first-order chi connectivity index (χ1) is 10.6. The molecule has 1 amide bonds. The Morgan fingerprint density at radius 1 is 1.14 bits per heavy atom. The Bertz CT molecular complexity index is 638. The summed E-state index contributed by atoms with van der Waals surface area (Å²) >= 11 is 0. The molecule has 2 atom stereocenters. The summed E-state index contributed by atoms with van der Waals surface area (Å²) in [7, 11) is 0. The number of aliphatic hydroxyl groups is 1. The summed E-state index contributed by atoms with van der Waals surface area (Å²) in [4.78, 5) is 11.8. The number of carbonyl (C=O) groups is 1. The summed E-state index contributed by atoms with van der Waals surface area (Å²) in [5.74, 6) is -0.657. The zero-order valence-electron chi connectivity index (χ0n) is 12.2. The first kappa shape index (κ1) is 15.9. The third kappa shape index (κ3) is 4.53. The van der Waals surface area contributed by atoms with Gasteiger partial charge in [-0.25, -0.2) is 4.39 Å². The van der Waals surface area contributed by atoms with E-state index in [1.807, 2.05) is 30.3 Å². The number of aliphatic hydroxyl groups excluding tert-OH is 1. The predicted octanol–water partition coefficient (Wildman–Crippen LogP) is 3.08. The topological polar surface area (TPSA) is 49.3 Å². The number of rotatable bonds is 5. The molecule has 114 valence electrons. The van der Waals surface area contributed by atoms with Crippen LogP contribution >= 0.6 is 0 Å². The molecule has 4 heteroatoms. The lowest BCUT2D eigenvalue weighted by molar-refractivity contribution is -0.117. The van der Waals surface area contributed by atoms with Crippen LogP contribution in [0.25, 0.3) is 6.08 Å². The minimum Gasteiger partial charge on any atom is -0.386 e. The lowest BCUT2D eigenvalue weighted by atomic mass is 10.0. The van der Waals surface area contributed by atoms with Gasteiger partial charge in [-0.2, -0.15) is 0 Å². The minimum atomic E-state index is -0.894. The van der Waals surface area contributed by atoms with Gasteiger partial charge in [0.15, 0.2) is 0 Å². The van der Waals surface area contributed by atoms with Gasteiger partial charge in [-0.3, -0.25) is 4.79 Å². The summed E-state index contributed by atoms with van der Waals surface area (Å²) in [5, 5.41) is 12.8. The van der Waals surface area contributed by atoms with Crippen molar-refractivity contribution in [2.24, 2.45) is 0 Å². The van der Waals surface area contributed by atoms with E-state index in [9.17, 15) is 14.3 Å². The third-order valence-corrected chi connectivity index (χ3v) is 3.28. The minimum absolute atomic E-state index is 0.294. The molecule has 0 radical (unpaired) electrons. The van der Waals surface area contributed by atoms with E-state index in [1.165, 1.54) is 30.3 Å². The molecule has 0 spiro atoms. The Balaban J connectivity index is 1.93. The van der Waals surface area contributed by atoms with Gasteiger partial charge in [0, 0.05) is 6.08 Å². The highest BCUT2D eigenvalue weighted by atomic mass is 19.1. The van der Waals surface area contributed by atoms with Crippen LogP contribution in [0.5, 0.6) is 0 Å². The van der Waals surface area contributed by atoms with E-state index in [-0.39, 0.29) is 11.7 Å². The Kier molecular flexibility index (Phi) is 5.44. The molecule has 0 fully saturated rings. The molecular weight excluding hydrogens is 281 g/mol. The average Bonchev–Trinajstić information content (AvgIpc) is 2.54. The average molecular weight is 299 g/mol. The van der Waals surface area contributed by atoms with Crippen molar-refractivity contribution in [2.45, 2.75) is 19.1 Å². The van der Waals surface area contributed by atoms with E-state index < -0.39 is 12.1 Å². The monoisotopic (exact) mass is 299 g/mol. The molecule has 2 rings (SSSR count). The van der Waals surface area contributed by atoms with Crippen molar-refractivity contribution in [3.8, 4) is 0 Å². The summed E-state index contributed by atoms with van der Waals surface area (Å²) in [6.45, 7) is 1.70. The fraction of sp³-hybridized carbons (Fsp3) is 0.167. The highest BCUT2D eigenvalue weighted by molar-refractivity contribution is 5.91.